The van der Waals surface area contributed by atoms with Crippen molar-refractivity contribution in [3.63, 3.8) is 0 Å². The lowest BCUT2D eigenvalue weighted by Crippen LogP contribution is -2.46. The van der Waals surface area contributed by atoms with Crippen LogP contribution in [-0.4, -0.2) is 60.6 Å². The number of hydrogen-bond donors (Lipinski definition) is 1. The Kier molecular flexibility index (Phi) is 6.16. The second-order valence-corrected chi connectivity index (χ2v) is 6.25. The van der Waals surface area contributed by atoms with Crippen molar-refractivity contribution >= 4 is 5.91 Å². The molecule has 1 aliphatic rings. The highest BCUT2D eigenvalue weighted by Gasteiger charge is 2.29. The minimum absolute atomic E-state index is 0.0480. The SMILES string of the molecule is CN(C)C/C=C/C(=O)N1CC[C@H](O)[C@H](Cc2ccccc2)C1. The number of carbonyl (C=O) groups is 1. The molecule has 0 aromatic heterocycles. The van der Waals surface area contributed by atoms with Crippen LogP contribution in [0.5, 0.6) is 0 Å². The van der Waals surface area contributed by atoms with Gasteiger partial charge in [-0.2, -0.15) is 0 Å². The lowest BCUT2D eigenvalue weighted by molar-refractivity contribution is -0.129. The van der Waals surface area contributed by atoms with Crippen molar-refractivity contribution in [1.29, 1.82) is 0 Å². The van der Waals surface area contributed by atoms with Crippen molar-refractivity contribution in [1.82, 2.24) is 9.80 Å². The molecule has 0 radical (unpaired) electrons. The maximum absolute atomic E-state index is 12.2. The van der Waals surface area contributed by atoms with E-state index < -0.39 is 0 Å². The molecule has 1 aromatic rings. The molecule has 1 N–H and O–H groups in total. The second-order valence-electron chi connectivity index (χ2n) is 6.25. The zero-order valence-corrected chi connectivity index (χ0v) is 13.5. The van der Waals surface area contributed by atoms with E-state index in [1.54, 1.807) is 6.08 Å². The topological polar surface area (TPSA) is 43.8 Å². The van der Waals surface area contributed by atoms with Gasteiger partial charge in [0, 0.05) is 31.6 Å². The molecule has 1 saturated heterocycles. The zero-order chi connectivity index (χ0) is 15.9. The van der Waals surface area contributed by atoms with E-state index in [0.717, 1.165) is 13.0 Å². The van der Waals surface area contributed by atoms with Gasteiger partial charge in [0.15, 0.2) is 0 Å². The number of benzene rings is 1. The normalized spacial score (nSPS) is 22.5. The molecule has 1 fully saturated rings. The van der Waals surface area contributed by atoms with Crippen molar-refractivity contribution in [2.75, 3.05) is 33.7 Å². The van der Waals surface area contributed by atoms with Gasteiger partial charge in [-0.05, 0) is 32.5 Å². The molecule has 22 heavy (non-hydrogen) atoms. The highest BCUT2D eigenvalue weighted by atomic mass is 16.3. The maximum Gasteiger partial charge on any atom is 0.246 e. The lowest BCUT2D eigenvalue weighted by atomic mass is 9.88. The number of rotatable bonds is 5. The van der Waals surface area contributed by atoms with Crippen LogP contribution in [0.4, 0.5) is 0 Å². The van der Waals surface area contributed by atoms with E-state index in [4.69, 9.17) is 0 Å². The van der Waals surface area contributed by atoms with Crippen LogP contribution >= 0.6 is 0 Å². The third kappa shape index (κ3) is 4.97. The smallest absolute Gasteiger partial charge is 0.246 e. The molecule has 1 aliphatic heterocycles. The van der Waals surface area contributed by atoms with Gasteiger partial charge >= 0.3 is 0 Å². The van der Waals surface area contributed by atoms with E-state index >= 15 is 0 Å². The van der Waals surface area contributed by atoms with Crippen molar-refractivity contribution in [2.45, 2.75) is 18.9 Å². The van der Waals surface area contributed by atoms with Crippen molar-refractivity contribution in [3.8, 4) is 0 Å². The largest absolute Gasteiger partial charge is 0.393 e. The fraction of sp³-hybridized carbons (Fsp3) is 0.500. The van der Waals surface area contributed by atoms with Crippen LogP contribution in [0.2, 0.25) is 0 Å². The van der Waals surface area contributed by atoms with Crippen LogP contribution in [0, 0.1) is 5.92 Å². The Morgan fingerprint density at radius 1 is 1.36 bits per heavy atom. The third-order valence-corrected chi connectivity index (χ3v) is 4.08. The maximum atomic E-state index is 12.2. The first kappa shape index (κ1) is 16.7. The van der Waals surface area contributed by atoms with E-state index in [0.29, 0.717) is 19.5 Å². The average molecular weight is 302 g/mol. The first-order valence-corrected chi connectivity index (χ1v) is 7.88. The minimum Gasteiger partial charge on any atom is -0.393 e. The number of amides is 1. The number of carbonyl (C=O) groups excluding carboxylic acids is 1. The highest BCUT2D eigenvalue weighted by Crippen LogP contribution is 2.21. The quantitative estimate of drug-likeness (QED) is 0.840. The minimum atomic E-state index is -0.324. The van der Waals surface area contributed by atoms with Crippen LogP contribution in [-0.2, 0) is 11.2 Å². The number of likely N-dealkylation sites (N-methyl/N-ethyl adjacent to an activating group) is 1. The van der Waals surface area contributed by atoms with Gasteiger partial charge in [-0.3, -0.25) is 4.79 Å². The van der Waals surface area contributed by atoms with E-state index in [-0.39, 0.29) is 17.9 Å². The monoisotopic (exact) mass is 302 g/mol. The molecule has 1 amide bonds. The molecule has 0 bridgehead atoms. The molecule has 4 nitrogen and oxygen atoms in total. The fourth-order valence-corrected chi connectivity index (χ4v) is 2.81. The number of aliphatic hydroxyl groups excluding tert-OH is 1. The van der Waals surface area contributed by atoms with Gasteiger partial charge < -0.3 is 14.9 Å². The summed E-state index contributed by atoms with van der Waals surface area (Å²) in [5.41, 5.74) is 1.21. The number of nitrogens with zero attached hydrogens (tertiary/aromatic N) is 2. The molecule has 0 saturated carbocycles. The van der Waals surface area contributed by atoms with E-state index in [1.807, 2.05) is 48.2 Å². The summed E-state index contributed by atoms with van der Waals surface area (Å²) >= 11 is 0. The lowest BCUT2D eigenvalue weighted by Gasteiger charge is -2.36. The first-order chi connectivity index (χ1) is 10.6. The third-order valence-electron chi connectivity index (χ3n) is 4.08. The van der Waals surface area contributed by atoms with Crippen LogP contribution in [0.3, 0.4) is 0 Å². The number of likely N-dealkylation sites (tertiary alicyclic amines) is 1. The van der Waals surface area contributed by atoms with Gasteiger partial charge in [0.2, 0.25) is 5.91 Å². The second kappa shape index (κ2) is 8.11. The van der Waals surface area contributed by atoms with Crippen molar-refractivity contribution < 1.29 is 9.90 Å². The van der Waals surface area contributed by atoms with E-state index in [2.05, 4.69) is 12.1 Å². The van der Waals surface area contributed by atoms with Gasteiger partial charge in [-0.25, -0.2) is 0 Å². The van der Waals surface area contributed by atoms with E-state index in [1.165, 1.54) is 5.56 Å². The molecule has 120 valence electrons. The molecule has 0 spiro atoms. The Bertz CT molecular complexity index is 499. The molecule has 2 atom stereocenters. The predicted molar refractivity (Wildman–Crippen MR) is 88.5 cm³/mol. The van der Waals surface area contributed by atoms with Gasteiger partial charge in [0.05, 0.1) is 6.10 Å². The molecule has 4 heteroatoms. The molecule has 2 rings (SSSR count). The van der Waals surface area contributed by atoms with Gasteiger partial charge in [-0.1, -0.05) is 36.4 Å². The van der Waals surface area contributed by atoms with E-state index in [9.17, 15) is 9.90 Å². The summed E-state index contributed by atoms with van der Waals surface area (Å²) in [6.07, 6.45) is 4.68. The van der Waals surface area contributed by atoms with Crippen molar-refractivity contribution in [3.05, 3.63) is 48.0 Å². The number of hydrogen-bond acceptors (Lipinski definition) is 3. The number of aliphatic hydroxyl groups is 1. The Labute approximate surface area is 133 Å². The Morgan fingerprint density at radius 2 is 2.09 bits per heavy atom. The summed E-state index contributed by atoms with van der Waals surface area (Å²) < 4.78 is 0. The summed E-state index contributed by atoms with van der Waals surface area (Å²) in [4.78, 5) is 16.1. The highest BCUT2D eigenvalue weighted by molar-refractivity contribution is 5.87. The number of piperidine rings is 1. The first-order valence-electron chi connectivity index (χ1n) is 7.88. The standard InChI is InChI=1S/C18H26N2O2/c1-19(2)11-6-9-18(22)20-12-10-17(21)16(14-20)13-15-7-4-3-5-8-15/h3-9,16-17,21H,10-14H2,1-2H3/b9-6+/t16-,17+/m1/s1. The molecule has 1 heterocycles. The molecular formula is C18H26N2O2. The summed E-state index contributed by atoms with van der Waals surface area (Å²) in [5.74, 6) is 0.161. The summed E-state index contributed by atoms with van der Waals surface area (Å²) in [5, 5.41) is 10.2. The van der Waals surface area contributed by atoms with Crippen LogP contribution in [0.15, 0.2) is 42.5 Å². The predicted octanol–water partition coefficient (Wildman–Crippen LogP) is 1.56. The average Bonchev–Trinajstić information content (AvgIpc) is 2.50. The van der Waals surface area contributed by atoms with Crippen molar-refractivity contribution in [2.24, 2.45) is 5.92 Å². The summed E-state index contributed by atoms with van der Waals surface area (Å²) in [7, 11) is 3.95. The Morgan fingerprint density at radius 3 is 2.77 bits per heavy atom. The van der Waals surface area contributed by atoms with Gasteiger partial charge in [0.25, 0.3) is 0 Å². The van der Waals surface area contributed by atoms with Crippen LogP contribution < -0.4 is 0 Å². The van der Waals surface area contributed by atoms with Crippen LogP contribution in [0.25, 0.3) is 0 Å². The molecule has 0 unspecified atom stereocenters. The van der Waals surface area contributed by atoms with Gasteiger partial charge in [-0.15, -0.1) is 0 Å². The zero-order valence-electron chi connectivity index (χ0n) is 13.5. The molecule has 0 aliphatic carbocycles. The Balaban J connectivity index is 1.92. The molecule has 1 aromatic carbocycles. The molecular weight excluding hydrogens is 276 g/mol. The van der Waals surface area contributed by atoms with Gasteiger partial charge in [0.1, 0.15) is 0 Å². The fourth-order valence-electron chi connectivity index (χ4n) is 2.81. The summed E-state index contributed by atoms with van der Waals surface area (Å²) in [6.45, 7) is 2.02. The summed E-state index contributed by atoms with van der Waals surface area (Å²) in [6, 6.07) is 10.2. The Hall–Kier alpha value is -1.65. The van der Waals surface area contributed by atoms with Crippen LogP contribution in [0.1, 0.15) is 12.0 Å².